The molecule has 5 heteroatoms. The minimum Gasteiger partial charge on any atom is -0.304 e. The van der Waals surface area contributed by atoms with Gasteiger partial charge in [0.2, 0.25) is 0 Å². The fourth-order valence-electron chi connectivity index (χ4n) is 0.748. The third-order valence-electron chi connectivity index (χ3n) is 1.36. The Morgan fingerprint density at radius 2 is 1.67 bits per heavy atom. The van der Waals surface area contributed by atoms with Crippen molar-refractivity contribution in [3.8, 4) is 0 Å². The largest absolute Gasteiger partial charge is 0.304 e. The second-order valence-corrected chi connectivity index (χ2v) is 5.62. The van der Waals surface area contributed by atoms with Crippen molar-refractivity contribution in [2.75, 3.05) is 6.26 Å². The molecule has 0 aromatic heterocycles. The first-order chi connectivity index (χ1) is 5.26. The Kier molecular flexibility index (Phi) is 1.82. The van der Waals surface area contributed by atoms with Crippen LogP contribution in [-0.2, 0) is 9.63 Å². The van der Waals surface area contributed by atoms with Crippen LogP contribution in [0.4, 0.5) is 4.39 Å². The van der Waals surface area contributed by atoms with E-state index in [1.807, 2.05) is 0 Å². The number of rotatable bonds is 1. The summed E-state index contributed by atoms with van der Waals surface area (Å²) in [5, 5.41) is 0. The summed E-state index contributed by atoms with van der Waals surface area (Å²) < 4.78 is 41.5. The Labute approximate surface area is 69.3 Å². The van der Waals surface area contributed by atoms with Gasteiger partial charge in [-0.1, -0.05) is 0 Å². The Hall–Kier alpha value is -0.780. The molecular weight excluding hydrogens is 183 g/mol. The summed E-state index contributed by atoms with van der Waals surface area (Å²) in [6, 6.07) is 4.17. The summed E-state index contributed by atoms with van der Waals surface area (Å²) in [5.41, 5.74) is 0. The van der Waals surface area contributed by atoms with E-state index in [9.17, 15) is 8.60 Å². The van der Waals surface area contributed by atoms with Crippen LogP contribution in [0.15, 0.2) is 29.2 Å². The topological polar surface area (TPSA) is 57.5 Å². The maximum atomic E-state index is 12.3. The third-order valence-corrected chi connectivity index (χ3v) is 2.71. The number of benzene rings is 1. The van der Waals surface area contributed by atoms with E-state index < -0.39 is 15.4 Å². The Bertz CT molecular complexity index is 340. The highest BCUT2D eigenvalue weighted by atomic mass is 32.3. The lowest BCUT2D eigenvalue weighted by atomic mass is 10.4. The number of hydrogen-bond donors (Lipinski definition) is 2. The Morgan fingerprint density at radius 3 is 2.00 bits per heavy atom. The van der Waals surface area contributed by atoms with Gasteiger partial charge in [-0.3, -0.25) is 0 Å². The van der Waals surface area contributed by atoms with Gasteiger partial charge < -0.3 is 9.11 Å². The molecule has 0 saturated carbocycles. The lowest BCUT2D eigenvalue weighted by Gasteiger charge is -2.25. The molecule has 12 heavy (non-hydrogen) atoms. The van der Waals surface area contributed by atoms with Gasteiger partial charge in [0.25, 0.3) is 0 Å². The molecule has 68 valence electrons. The van der Waals surface area contributed by atoms with Crippen molar-refractivity contribution < 1.29 is 17.7 Å². The standard InChI is InChI=1S/C7H9FO3S/c1-12(9,10,11)7-4-2-6(8)3-5-7/h2-5H,1H3,(H2,9,10,11). The van der Waals surface area contributed by atoms with Gasteiger partial charge in [-0.05, 0) is 24.3 Å². The molecule has 0 atom stereocenters. The zero-order chi connectivity index (χ0) is 9.43. The predicted octanol–water partition coefficient (Wildman–Crippen LogP) is 1.58. The molecule has 0 saturated heterocycles. The fraction of sp³-hybridized carbons (Fsp3) is 0.143. The van der Waals surface area contributed by atoms with Crippen LogP contribution in [0.25, 0.3) is 0 Å². The van der Waals surface area contributed by atoms with E-state index in [1.54, 1.807) is 0 Å². The van der Waals surface area contributed by atoms with Gasteiger partial charge in [-0.15, -0.1) is 0 Å². The van der Waals surface area contributed by atoms with E-state index in [1.165, 1.54) is 0 Å². The predicted molar refractivity (Wildman–Crippen MR) is 44.0 cm³/mol. The van der Waals surface area contributed by atoms with Crippen LogP contribution < -0.4 is 0 Å². The third kappa shape index (κ3) is 2.10. The van der Waals surface area contributed by atoms with Crippen molar-refractivity contribution in [1.29, 1.82) is 0 Å². The van der Waals surface area contributed by atoms with Crippen molar-refractivity contribution in [3.05, 3.63) is 30.1 Å². The molecule has 0 heterocycles. The van der Waals surface area contributed by atoms with Crippen molar-refractivity contribution in [2.24, 2.45) is 0 Å². The van der Waals surface area contributed by atoms with Crippen LogP contribution in [0, 0.1) is 5.82 Å². The first kappa shape index (κ1) is 9.31. The first-order valence-corrected chi connectivity index (χ1v) is 5.44. The van der Waals surface area contributed by atoms with Crippen molar-refractivity contribution in [3.63, 3.8) is 0 Å². The van der Waals surface area contributed by atoms with Crippen molar-refractivity contribution in [2.45, 2.75) is 4.90 Å². The molecule has 0 aliphatic rings. The van der Waals surface area contributed by atoms with Gasteiger partial charge in [0.15, 0.2) is 0 Å². The zero-order valence-corrected chi connectivity index (χ0v) is 7.21. The van der Waals surface area contributed by atoms with E-state index in [2.05, 4.69) is 0 Å². The maximum Gasteiger partial charge on any atom is 0.123 e. The SMILES string of the molecule is CS(=O)(O)(O)c1ccc(F)cc1. The van der Waals surface area contributed by atoms with Gasteiger partial charge in [-0.2, -0.15) is 0 Å². The number of hydrogen-bond acceptors (Lipinski definition) is 1. The van der Waals surface area contributed by atoms with Crippen molar-refractivity contribution in [1.82, 2.24) is 0 Å². The lowest BCUT2D eigenvalue weighted by molar-refractivity contribution is 0.398. The summed E-state index contributed by atoms with van der Waals surface area (Å²) in [6.07, 6.45) is 0.796. The molecule has 2 N–H and O–H groups in total. The van der Waals surface area contributed by atoms with Crippen LogP contribution in [0.3, 0.4) is 0 Å². The summed E-state index contributed by atoms with van der Waals surface area (Å²) in [5.74, 6) is -0.518. The Morgan fingerprint density at radius 1 is 1.25 bits per heavy atom. The maximum absolute atomic E-state index is 12.3. The van der Waals surface area contributed by atoms with Gasteiger partial charge in [0, 0.05) is 6.26 Å². The van der Waals surface area contributed by atoms with Crippen LogP contribution in [-0.4, -0.2) is 19.6 Å². The molecule has 1 aromatic carbocycles. The quantitative estimate of drug-likeness (QED) is 0.710. The lowest BCUT2D eigenvalue weighted by Crippen LogP contribution is -2.28. The molecule has 0 spiro atoms. The average Bonchev–Trinajstić information content (AvgIpc) is 1.84. The molecule has 0 amide bonds. The zero-order valence-electron chi connectivity index (χ0n) is 6.40. The second kappa shape index (κ2) is 2.35. The van der Waals surface area contributed by atoms with E-state index in [0.29, 0.717) is 0 Å². The molecule has 0 aliphatic carbocycles. The molecule has 0 aliphatic heterocycles. The molecule has 0 bridgehead atoms. The van der Waals surface area contributed by atoms with E-state index in [4.69, 9.17) is 9.11 Å². The highest BCUT2D eigenvalue weighted by Gasteiger charge is 2.24. The highest BCUT2D eigenvalue weighted by molar-refractivity contribution is 8.09. The van der Waals surface area contributed by atoms with E-state index >= 15 is 0 Å². The van der Waals surface area contributed by atoms with Gasteiger partial charge in [0.05, 0.1) is 4.90 Å². The Balaban J connectivity index is 3.24. The van der Waals surface area contributed by atoms with Gasteiger partial charge in [0.1, 0.15) is 15.4 Å². The molecule has 0 radical (unpaired) electrons. The fourth-order valence-corrected chi connectivity index (χ4v) is 1.51. The summed E-state index contributed by atoms with van der Waals surface area (Å²) in [6.45, 7) is 0. The molecule has 1 aromatic rings. The smallest absolute Gasteiger partial charge is 0.123 e. The monoisotopic (exact) mass is 192 g/mol. The minimum absolute atomic E-state index is 0.187. The van der Waals surface area contributed by atoms with E-state index in [0.717, 1.165) is 30.5 Å². The second-order valence-electron chi connectivity index (χ2n) is 2.69. The normalized spacial score (nSPS) is 15.2. The van der Waals surface area contributed by atoms with Crippen LogP contribution in [0.2, 0.25) is 0 Å². The van der Waals surface area contributed by atoms with Crippen LogP contribution in [0.5, 0.6) is 0 Å². The van der Waals surface area contributed by atoms with E-state index in [-0.39, 0.29) is 4.90 Å². The molecule has 0 fully saturated rings. The molecule has 0 unspecified atom stereocenters. The van der Waals surface area contributed by atoms with Gasteiger partial charge >= 0.3 is 0 Å². The average molecular weight is 192 g/mol. The summed E-state index contributed by atoms with van der Waals surface area (Å²) in [7, 11) is -4.70. The summed E-state index contributed by atoms with van der Waals surface area (Å²) >= 11 is 0. The highest BCUT2D eigenvalue weighted by Crippen LogP contribution is 2.24. The summed E-state index contributed by atoms with van der Waals surface area (Å²) in [4.78, 5) is -0.187. The molecule has 3 nitrogen and oxygen atoms in total. The van der Waals surface area contributed by atoms with Gasteiger partial charge in [-0.25, -0.2) is 8.60 Å². The van der Waals surface area contributed by atoms with Crippen molar-refractivity contribution >= 4 is 9.63 Å². The molecular formula is C7H9FO3S. The minimum atomic E-state index is -4.70. The van der Waals surface area contributed by atoms with Crippen LogP contribution >= 0.6 is 0 Å². The number of halogens is 1. The molecule has 1 rings (SSSR count). The van der Waals surface area contributed by atoms with Crippen LogP contribution in [0.1, 0.15) is 0 Å². The first-order valence-electron chi connectivity index (χ1n) is 3.15.